The van der Waals surface area contributed by atoms with Crippen molar-refractivity contribution in [2.24, 2.45) is 17.3 Å². The number of hydrogen-bond donors (Lipinski definition) is 1. The Bertz CT molecular complexity index is 2140. The molecule has 6 rings (SSSR count). The Morgan fingerprint density at radius 3 is 1.97 bits per heavy atom. The number of aryl methyl sites for hydroxylation is 1. The van der Waals surface area contributed by atoms with Crippen LogP contribution in [-0.2, 0) is 77.8 Å². The Morgan fingerprint density at radius 2 is 1.37 bits per heavy atom. The first-order valence-electron chi connectivity index (χ1n) is 19.9. The summed E-state index contributed by atoms with van der Waals surface area (Å²) in [6.45, 7) is 7.16. The largest absolute Gasteiger partial charge is 0.465 e. The summed E-state index contributed by atoms with van der Waals surface area (Å²) in [4.78, 5) is 113. The molecule has 1 aromatic carbocycles. The topological polar surface area (TPSA) is 253 Å². The summed E-state index contributed by atoms with van der Waals surface area (Å²) in [6, 6.07) is 10.4. The smallest absolute Gasteiger partial charge is 0.340 e. The van der Waals surface area contributed by atoms with Gasteiger partial charge in [-0.25, -0.2) is 9.59 Å². The van der Waals surface area contributed by atoms with Gasteiger partial charge in [0.15, 0.2) is 30.0 Å². The molecule has 1 N–H and O–H groups in total. The lowest BCUT2D eigenvalue weighted by Crippen LogP contribution is -2.89. The first-order chi connectivity index (χ1) is 29.1. The molecular weight excluding hydrogens is 818 g/mol. The molecule has 1 saturated heterocycles. The van der Waals surface area contributed by atoms with Crippen molar-refractivity contribution < 1.29 is 86.1 Å². The third-order valence-corrected chi connectivity index (χ3v) is 12.1. The highest BCUT2D eigenvalue weighted by Crippen LogP contribution is 2.70. The molecular formula is C43H49NO18. The normalized spacial score (nSPS) is 35.0. The van der Waals surface area contributed by atoms with E-state index in [1.165, 1.54) is 56.4 Å². The van der Waals surface area contributed by atoms with Crippen LogP contribution < -0.4 is 0 Å². The molecule has 0 amide bonds. The van der Waals surface area contributed by atoms with Crippen LogP contribution >= 0.6 is 0 Å². The zero-order valence-electron chi connectivity index (χ0n) is 35.4. The third kappa shape index (κ3) is 7.76. The minimum absolute atomic E-state index is 0.0225. The Labute approximate surface area is 355 Å². The second-order valence-corrected chi connectivity index (χ2v) is 16.4. The van der Waals surface area contributed by atoms with Crippen molar-refractivity contribution in [3.8, 4) is 0 Å². The highest BCUT2D eigenvalue weighted by atomic mass is 16.7. The lowest BCUT2D eigenvalue weighted by Gasteiger charge is -2.67. The summed E-state index contributed by atoms with van der Waals surface area (Å²) in [7, 11) is 0. The standard InChI is InChI=1S/C43H49NO18/c1-21-16-17-29-28(15-12-18-44-29)39(52)55-19-40(7)30-31(56-23(3)46)35(58-25(5)48)42(20-54-22(2)45)36(59-26(6)49)32(60-38(51)27-13-10-9-11-14-27)34(61-37(21)50)41(8,53)43(42,62-40)33(30)57-24(4)47/h9-15,18,21,30-36,53H,16-17,19-20H2,1-8H3/t21-,30+,31+,32-,33?,34-,35+,36-,40-,41-,42+,43-/m0/s1. The minimum Gasteiger partial charge on any atom is -0.465 e. The lowest BCUT2D eigenvalue weighted by molar-refractivity contribution is -0.386. The van der Waals surface area contributed by atoms with E-state index in [2.05, 4.69) is 4.98 Å². The number of carbonyl (C=O) groups is 8. The van der Waals surface area contributed by atoms with Crippen molar-refractivity contribution in [3.05, 3.63) is 65.5 Å². The molecule has 4 aliphatic rings. The summed E-state index contributed by atoms with van der Waals surface area (Å²) in [5.74, 6) is -10.7. The maximum absolute atomic E-state index is 14.4. The Kier molecular flexibility index (Phi) is 12.6. The summed E-state index contributed by atoms with van der Waals surface area (Å²) in [6.07, 6.45) is -10.6. The van der Waals surface area contributed by atoms with Gasteiger partial charge in [0.2, 0.25) is 0 Å². The maximum atomic E-state index is 14.4. The number of ether oxygens (including phenoxy) is 9. The van der Waals surface area contributed by atoms with Crippen molar-refractivity contribution in [1.29, 1.82) is 0 Å². The monoisotopic (exact) mass is 867 g/mol. The number of carbonyl (C=O) groups excluding carboxylic acids is 8. The molecule has 1 spiro atoms. The van der Waals surface area contributed by atoms with E-state index in [4.69, 9.17) is 42.6 Å². The Hall–Kier alpha value is -5.95. The summed E-state index contributed by atoms with van der Waals surface area (Å²) >= 11 is 0. The molecule has 334 valence electrons. The highest BCUT2D eigenvalue weighted by molar-refractivity contribution is 5.91. The van der Waals surface area contributed by atoms with Crippen LogP contribution in [0, 0.1) is 17.3 Å². The van der Waals surface area contributed by atoms with Crippen LogP contribution in [0.2, 0.25) is 0 Å². The van der Waals surface area contributed by atoms with E-state index in [0.29, 0.717) is 0 Å². The summed E-state index contributed by atoms with van der Waals surface area (Å²) in [5.41, 5.74) is -10.1. The predicted octanol–water partition coefficient (Wildman–Crippen LogP) is 2.16. The number of hydrogen-bond acceptors (Lipinski definition) is 19. The Balaban J connectivity index is 1.77. The van der Waals surface area contributed by atoms with Gasteiger partial charge in [-0.05, 0) is 51.0 Å². The van der Waals surface area contributed by atoms with Gasteiger partial charge in [0.05, 0.1) is 28.7 Å². The van der Waals surface area contributed by atoms with E-state index < -0.39 is 132 Å². The number of cyclic esters (lactones) is 1. The number of pyridine rings is 1. The van der Waals surface area contributed by atoms with Crippen LogP contribution in [0.4, 0.5) is 0 Å². The van der Waals surface area contributed by atoms with Crippen molar-refractivity contribution in [3.63, 3.8) is 0 Å². The van der Waals surface area contributed by atoms with Gasteiger partial charge in [-0.3, -0.25) is 33.8 Å². The van der Waals surface area contributed by atoms with Gasteiger partial charge < -0.3 is 47.7 Å². The summed E-state index contributed by atoms with van der Waals surface area (Å²) < 4.78 is 55.3. The first-order valence-corrected chi connectivity index (χ1v) is 19.9. The van der Waals surface area contributed by atoms with E-state index in [9.17, 15) is 43.5 Å². The minimum atomic E-state index is -2.86. The molecule has 3 fully saturated rings. The molecule has 3 heterocycles. The van der Waals surface area contributed by atoms with Crippen molar-refractivity contribution in [2.75, 3.05) is 13.2 Å². The molecule has 2 aliphatic carbocycles. The van der Waals surface area contributed by atoms with Gasteiger partial charge in [-0.2, -0.15) is 0 Å². The van der Waals surface area contributed by atoms with Gasteiger partial charge in [0.1, 0.15) is 42.0 Å². The van der Waals surface area contributed by atoms with Crippen LogP contribution in [0.5, 0.6) is 0 Å². The molecule has 2 aromatic rings. The van der Waals surface area contributed by atoms with Crippen LogP contribution in [0.1, 0.15) is 88.2 Å². The molecule has 19 heteroatoms. The SMILES string of the molecule is CC(=O)OC[C@]12[C@H](OC(C)=O)[C@H](OC(C)=O)[C@@H]3C(OC(C)=O)[C@@]14O[C@@]3(C)COC(=O)c1cccnc1CC[C@H](C)C(=O)O[C@@H]([C@H](OC(=O)c1ccccc1)[C@@H]2OC(C)=O)[C@]4(C)O. The second kappa shape index (κ2) is 17.1. The van der Waals surface area contributed by atoms with Crippen molar-refractivity contribution in [2.45, 2.75) is 122 Å². The molecule has 1 unspecified atom stereocenters. The predicted molar refractivity (Wildman–Crippen MR) is 205 cm³/mol. The fraction of sp³-hybridized carbons (Fsp3) is 0.558. The molecule has 2 saturated carbocycles. The zero-order valence-corrected chi connectivity index (χ0v) is 35.4. The molecule has 1 aromatic heterocycles. The second-order valence-electron chi connectivity index (χ2n) is 16.4. The van der Waals surface area contributed by atoms with Crippen LogP contribution in [0.25, 0.3) is 0 Å². The fourth-order valence-electron chi connectivity index (χ4n) is 9.73. The van der Waals surface area contributed by atoms with E-state index >= 15 is 0 Å². The van der Waals surface area contributed by atoms with Crippen molar-refractivity contribution in [1.82, 2.24) is 4.98 Å². The number of fused-ring (bicyclic) bond motifs is 5. The fourth-order valence-corrected chi connectivity index (χ4v) is 9.73. The van der Waals surface area contributed by atoms with Crippen LogP contribution in [-0.4, -0.2) is 124 Å². The van der Waals surface area contributed by atoms with Gasteiger partial charge in [0.25, 0.3) is 0 Å². The highest BCUT2D eigenvalue weighted by Gasteiger charge is 2.92. The molecule has 4 bridgehead atoms. The number of benzene rings is 1. The number of esters is 8. The number of nitrogens with zero attached hydrogens (tertiary/aromatic N) is 1. The number of rotatable bonds is 8. The lowest BCUT2D eigenvalue weighted by atomic mass is 9.45. The van der Waals surface area contributed by atoms with E-state index in [-0.39, 0.29) is 29.7 Å². The Morgan fingerprint density at radius 1 is 0.774 bits per heavy atom. The average molecular weight is 868 g/mol. The van der Waals surface area contributed by atoms with E-state index in [1.807, 2.05) is 0 Å². The van der Waals surface area contributed by atoms with E-state index in [0.717, 1.165) is 41.5 Å². The molecule has 12 atom stereocenters. The molecule has 0 radical (unpaired) electrons. The van der Waals surface area contributed by atoms with E-state index in [1.54, 1.807) is 6.07 Å². The third-order valence-electron chi connectivity index (χ3n) is 12.1. The maximum Gasteiger partial charge on any atom is 0.340 e. The number of aromatic nitrogens is 1. The molecule has 19 nitrogen and oxygen atoms in total. The number of aliphatic hydroxyl groups is 1. The van der Waals surface area contributed by atoms with Gasteiger partial charge in [-0.1, -0.05) is 25.1 Å². The van der Waals surface area contributed by atoms with Gasteiger partial charge in [-0.15, -0.1) is 0 Å². The van der Waals surface area contributed by atoms with Gasteiger partial charge >= 0.3 is 47.8 Å². The molecule has 62 heavy (non-hydrogen) atoms. The van der Waals surface area contributed by atoms with Crippen LogP contribution in [0.15, 0.2) is 48.7 Å². The quantitative estimate of drug-likeness (QED) is 0.295. The first kappa shape index (κ1) is 45.6. The van der Waals surface area contributed by atoms with Gasteiger partial charge in [0, 0.05) is 40.8 Å². The van der Waals surface area contributed by atoms with Crippen LogP contribution in [0.3, 0.4) is 0 Å². The summed E-state index contributed by atoms with van der Waals surface area (Å²) in [5, 5.41) is 13.6. The zero-order chi connectivity index (χ0) is 45.5. The molecule has 2 aliphatic heterocycles. The average Bonchev–Trinajstić information content (AvgIpc) is 3.41. The van der Waals surface area contributed by atoms with Crippen molar-refractivity contribution >= 4 is 47.8 Å².